The molecular formula is C10H14N2O3. The van der Waals surface area contributed by atoms with E-state index in [9.17, 15) is 4.79 Å². The van der Waals surface area contributed by atoms with Gasteiger partial charge in [0.05, 0.1) is 19.0 Å². The summed E-state index contributed by atoms with van der Waals surface area (Å²) in [6.07, 6.45) is 1.58. The molecule has 0 aliphatic heterocycles. The highest BCUT2D eigenvalue weighted by Crippen LogP contribution is 2.08. The molecule has 1 heterocycles. The molecule has 82 valence electrons. The third-order valence-electron chi connectivity index (χ3n) is 1.74. The van der Waals surface area contributed by atoms with Crippen molar-refractivity contribution in [3.8, 4) is 5.75 Å². The molecule has 1 aromatic rings. The van der Waals surface area contributed by atoms with Gasteiger partial charge in [0.25, 0.3) is 0 Å². The number of nitrogens with one attached hydrogen (secondary N) is 1. The molecule has 0 aromatic carbocycles. The molecule has 15 heavy (non-hydrogen) atoms. The van der Waals surface area contributed by atoms with E-state index in [0.717, 1.165) is 5.69 Å². The van der Waals surface area contributed by atoms with Crippen molar-refractivity contribution in [3.63, 3.8) is 0 Å². The lowest BCUT2D eigenvalue weighted by molar-refractivity contribution is -0.142. The summed E-state index contributed by atoms with van der Waals surface area (Å²) in [5.74, 6) is 0.148. The van der Waals surface area contributed by atoms with Crippen molar-refractivity contribution in [1.29, 1.82) is 0 Å². The number of hydrogen-bond donors (Lipinski definition) is 1. The first-order valence-electron chi connectivity index (χ1n) is 4.55. The molecular weight excluding hydrogens is 196 g/mol. The first-order chi connectivity index (χ1) is 7.26. The molecule has 0 atom stereocenters. The highest BCUT2D eigenvalue weighted by Gasteiger charge is 2.01. The maximum absolute atomic E-state index is 10.8. The summed E-state index contributed by atoms with van der Waals surface area (Å²) in [6, 6.07) is 3.60. The summed E-state index contributed by atoms with van der Waals surface area (Å²) in [6.45, 7) is 0.612. The average Bonchev–Trinajstić information content (AvgIpc) is 2.28. The fourth-order valence-corrected chi connectivity index (χ4v) is 0.983. The minimum absolute atomic E-state index is 0.0937. The van der Waals surface area contributed by atoms with Crippen molar-refractivity contribution in [1.82, 2.24) is 10.3 Å². The summed E-state index contributed by atoms with van der Waals surface area (Å²) < 4.78 is 9.57. The molecule has 0 aliphatic rings. The number of hydrogen-bond acceptors (Lipinski definition) is 5. The fourth-order valence-electron chi connectivity index (χ4n) is 0.983. The number of pyridine rings is 1. The molecule has 1 rings (SSSR count). The van der Waals surface area contributed by atoms with E-state index >= 15 is 0 Å². The van der Waals surface area contributed by atoms with Crippen LogP contribution in [0.3, 0.4) is 0 Å². The minimum atomic E-state index is -0.408. The molecule has 0 spiro atoms. The molecule has 1 N–H and O–H groups in total. The molecule has 0 bridgehead atoms. The monoisotopic (exact) mass is 210 g/mol. The van der Waals surface area contributed by atoms with Crippen LogP contribution in [0.4, 0.5) is 0 Å². The van der Waals surface area contributed by atoms with Gasteiger partial charge in [-0.05, 0) is 19.2 Å². The summed E-state index contributed by atoms with van der Waals surface area (Å²) in [4.78, 5) is 14.9. The Labute approximate surface area is 88.4 Å². The Morgan fingerprint density at radius 2 is 2.33 bits per heavy atom. The van der Waals surface area contributed by atoms with Crippen molar-refractivity contribution < 1.29 is 14.3 Å². The Bertz CT molecular complexity index is 311. The SMILES string of the molecule is CNCc1ccc(OCC(=O)OC)cn1. The molecule has 1 aromatic heterocycles. The lowest BCUT2D eigenvalue weighted by atomic mass is 10.3. The lowest BCUT2D eigenvalue weighted by Crippen LogP contribution is -2.13. The second-order valence-corrected chi connectivity index (χ2v) is 2.88. The highest BCUT2D eigenvalue weighted by atomic mass is 16.6. The van der Waals surface area contributed by atoms with Gasteiger partial charge in [-0.3, -0.25) is 4.98 Å². The molecule has 0 saturated carbocycles. The third-order valence-corrected chi connectivity index (χ3v) is 1.74. The van der Waals surface area contributed by atoms with Gasteiger partial charge in [-0.1, -0.05) is 0 Å². The average molecular weight is 210 g/mol. The van der Waals surface area contributed by atoms with Crippen LogP contribution in [0.15, 0.2) is 18.3 Å². The largest absolute Gasteiger partial charge is 0.480 e. The normalized spacial score (nSPS) is 9.73. The topological polar surface area (TPSA) is 60.5 Å². The van der Waals surface area contributed by atoms with E-state index < -0.39 is 5.97 Å². The molecule has 0 unspecified atom stereocenters. The van der Waals surface area contributed by atoms with Gasteiger partial charge in [-0.15, -0.1) is 0 Å². The maximum Gasteiger partial charge on any atom is 0.343 e. The van der Waals surface area contributed by atoms with Crippen LogP contribution >= 0.6 is 0 Å². The van der Waals surface area contributed by atoms with E-state index in [2.05, 4.69) is 15.0 Å². The minimum Gasteiger partial charge on any atom is -0.480 e. The van der Waals surface area contributed by atoms with Crippen LogP contribution in [0.2, 0.25) is 0 Å². The quantitative estimate of drug-likeness (QED) is 0.711. The van der Waals surface area contributed by atoms with Crippen LogP contribution < -0.4 is 10.1 Å². The number of methoxy groups -OCH3 is 1. The zero-order valence-electron chi connectivity index (χ0n) is 8.82. The van der Waals surface area contributed by atoms with Crippen LogP contribution in [0, 0.1) is 0 Å². The van der Waals surface area contributed by atoms with Crippen molar-refractivity contribution in [3.05, 3.63) is 24.0 Å². The van der Waals surface area contributed by atoms with E-state index in [0.29, 0.717) is 12.3 Å². The van der Waals surface area contributed by atoms with E-state index in [1.165, 1.54) is 7.11 Å². The van der Waals surface area contributed by atoms with E-state index in [1.807, 2.05) is 13.1 Å². The second-order valence-electron chi connectivity index (χ2n) is 2.88. The van der Waals surface area contributed by atoms with Crippen LogP contribution in [-0.2, 0) is 16.1 Å². The van der Waals surface area contributed by atoms with Gasteiger partial charge in [-0.2, -0.15) is 0 Å². The second kappa shape index (κ2) is 5.98. The lowest BCUT2D eigenvalue weighted by Gasteiger charge is -2.04. The molecule has 5 nitrogen and oxygen atoms in total. The Hall–Kier alpha value is -1.62. The van der Waals surface area contributed by atoms with Gasteiger partial charge in [0.15, 0.2) is 6.61 Å². The van der Waals surface area contributed by atoms with Crippen molar-refractivity contribution >= 4 is 5.97 Å². The fraction of sp³-hybridized carbons (Fsp3) is 0.400. The number of nitrogens with zero attached hydrogens (tertiary/aromatic N) is 1. The van der Waals surface area contributed by atoms with Crippen molar-refractivity contribution in [2.45, 2.75) is 6.54 Å². The number of ether oxygens (including phenoxy) is 2. The predicted octanol–water partition coefficient (Wildman–Crippen LogP) is 0.353. The summed E-state index contributed by atoms with van der Waals surface area (Å²) in [5.41, 5.74) is 0.919. The number of esters is 1. The van der Waals surface area contributed by atoms with Gasteiger partial charge in [0.1, 0.15) is 5.75 Å². The van der Waals surface area contributed by atoms with Gasteiger partial charge in [-0.25, -0.2) is 4.79 Å². The van der Waals surface area contributed by atoms with E-state index in [-0.39, 0.29) is 6.61 Å². The standard InChI is InChI=1S/C10H14N2O3/c1-11-5-8-3-4-9(6-12-8)15-7-10(13)14-2/h3-4,6,11H,5,7H2,1-2H3. The van der Waals surface area contributed by atoms with Gasteiger partial charge >= 0.3 is 5.97 Å². The first kappa shape index (κ1) is 11.5. The summed E-state index contributed by atoms with van der Waals surface area (Å²) >= 11 is 0. The molecule has 0 radical (unpaired) electrons. The zero-order valence-corrected chi connectivity index (χ0v) is 8.82. The van der Waals surface area contributed by atoms with Crippen LogP contribution in [-0.4, -0.2) is 31.7 Å². The summed E-state index contributed by atoms with van der Waals surface area (Å²) in [7, 11) is 3.17. The van der Waals surface area contributed by atoms with Crippen molar-refractivity contribution in [2.75, 3.05) is 20.8 Å². The zero-order chi connectivity index (χ0) is 11.1. The maximum atomic E-state index is 10.8. The summed E-state index contributed by atoms with van der Waals surface area (Å²) in [5, 5.41) is 2.99. The van der Waals surface area contributed by atoms with Gasteiger partial charge in [0, 0.05) is 6.54 Å². The van der Waals surface area contributed by atoms with Crippen LogP contribution in [0.1, 0.15) is 5.69 Å². The molecule has 0 saturated heterocycles. The number of carbonyl (C=O) groups excluding carboxylic acids is 1. The van der Waals surface area contributed by atoms with Crippen LogP contribution in [0.25, 0.3) is 0 Å². The number of carbonyl (C=O) groups is 1. The van der Waals surface area contributed by atoms with Crippen LogP contribution in [0.5, 0.6) is 5.75 Å². The van der Waals surface area contributed by atoms with E-state index in [1.54, 1.807) is 12.3 Å². The Kier molecular flexibility index (Phi) is 4.56. The number of rotatable bonds is 5. The Morgan fingerprint density at radius 3 is 2.87 bits per heavy atom. The first-order valence-corrected chi connectivity index (χ1v) is 4.55. The molecule has 0 aliphatic carbocycles. The smallest absolute Gasteiger partial charge is 0.343 e. The molecule has 0 amide bonds. The van der Waals surface area contributed by atoms with Crippen molar-refractivity contribution in [2.24, 2.45) is 0 Å². The Morgan fingerprint density at radius 1 is 1.53 bits per heavy atom. The predicted molar refractivity (Wildman–Crippen MR) is 54.5 cm³/mol. The molecule has 5 heteroatoms. The number of aromatic nitrogens is 1. The third kappa shape index (κ3) is 3.95. The van der Waals surface area contributed by atoms with E-state index in [4.69, 9.17) is 4.74 Å². The highest BCUT2D eigenvalue weighted by molar-refractivity contribution is 5.70. The van der Waals surface area contributed by atoms with Gasteiger partial charge in [0.2, 0.25) is 0 Å². The molecule has 0 fully saturated rings. The van der Waals surface area contributed by atoms with Gasteiger partial charge < -0.3 is 14.8 Å². The Balaban J connectivity index is 2.45.